The summed E-state index contributed by atoms with van der Waals surface area (Å²) < 4.78 is 9.80. The number of anilines is 2. The van der Waals surface area contributed by atoms with E-state index in [1.165, 1.54) is 35.8 Å². The van der Waals surface area contributed by atoms with Gasteiger partial charge in [-0.05, 0) is 37.8 Å². The Balaban J connectivity index is 1.66. The van der Waals surface area contributed by atoms with Crippen molar-refractivity contribution in [1.29, 1.82) is 0 Å². The van der Waals surface area contributed by atoms with Crippen molar-refractivity contribution >= 4 is 57.0 Å². The lowest BCUT2D eigenvalue weighted by Crippen LogP contribution is -2.51. The summed E-state index contributed by atoms with van der Waals surface area (Å²) in [6.07, 6.45) is 2.93. The molecule has 0 aromatic carbocycles. The van der Waals surface area contributed by atoms with Crippen LogP contribution in [0.1, 0.15) is 25.7 Å². The average Bonchev–Trinajstić information content (AvgIpc) is 3.58. The quantitative estimate of drug-likeness (QED) is 0.409. The van der Waals surface area contributed by atoms with E-state index in [0.29, 0.717) is 37.6 Å². The molecule has 0 unspecified atom stereocenters. The fourth-order valence-electron chi connectivity index (χ4n) is 4.75. The van der Waals surface area contributed by atoms with Crippen LogP contribution in [0, 0.1) is 0 Å². The number of hydrogen-bond acceptors (Lipinski definition) is 11. The molecule has 3 aliphatic rings. The highest BCUT2D eigenvalue weighted by atomic mass is 33.1. The number of aromatic nitrogens is 1. The zero-order valence-electron chi connectivity index (χ0n) is 20.3. The van der Waals surface area contributed by atoms with Crippen molar-refractivity contribution in [2.75, 3.05) is 48.6 Å². The van der Waals surface area contributed by atoms with Crippen LogP contribution in [-0.4, -0.2) is 91.7 Å². The van der Waals surface area contributed by atoms with Crippen molar-refractivity contribution < 1.29 is 28.7 Å². The summed E-state index contributed by atoms with van der Waals surface area (Å²) in [4.78, 5) is 60.0. The molecule has 196 valence electrons. The molecule has 36 heavy (non-hydrogen) atoms. The molecule has 4 heterocycles. The molecule has 11 nitrogen and oxygen atoms in total. The normalized spacial score (nSPS) is 27.3. The van der Waals surface area contributed by atoms with Crippen LogP contribution in [0.4, 0.5) is 11.6 Å². The number of esters is 2. The number of nitrogens with zero attached hydrogens (tertiary/aromatic N) is 3. The predicted octanol–water partition coefficient (Wildman–Crippen LogP) is 0.730. The topological polar surface area (TPSA) is 130 Å². The first-order valence-electron chi connectivity index (χ1n) is 11.9. The molecule has 1 aromatic heterocycles. The van der Waals surface area contributed by atoms with Gasteiger partial charge in [0.05, 0.1) is 14.2 Å². The van der Waals surface area contributed by atoms with Gasteiger partial charge in [-0.25, -0.2) is 14.6 Å². The number of amides is 2. The highest BCUT2D eigenvalue weighted by Gasteiger charge is 2.37. The molecule has 1 aromatic rings. The van der Waals surface area contributed by atoms with E-state index in [4.69, 9.17) is 14.5 Å². The lowest BCUT2D eigenvalue weighted by atomic mass is 10.2. The van der Waals surface area contributed by atoms with E-state index in [1.807, 2.05) is 28.0 Å². The maximum absolute atomic E-state index is 13.2. The standard InChI is InChI=1S/C23H31N5O6S2/c1-33-22(31)14-12-35-36-13-15(23(32)34-2)25-21(30)17-7-5-11-28(17)19-9-3-8-18(26-19)27-10-4-6-16(27)20(29)24-14/h3,8-9,14-17H,4-7,10-13H2,1-2H3,(H,24,29)(H,25,30)/t14-,15-,16+,17+/m0/s1. The van der Waals surface area contributed by atoms with Crippen LogP contribution in [0.5, 0.6) is 0 Å². The van der Waals surface area contributed by atoms with E-state index in [1.54, 1.807) is 0 Å². The Morgan fingerprint density at radius 3 is 1.72 bits per heavy atom. The first-order valence-corrected chi connectivity index (χ1v) is 14.4. The van der Waals surface area contributed by atoms with E-state index in [9.17, 15) is 19.2 Å². The van der Waals surface area contributed by atoms with Gasteiger partial charge in [-0.15, -0.1) is 0 Å². The second-order valence-electron chi connectivity index (χ2n) is 8.79. The van der Waals surface area contributed by atoms with Crippen molar-refractivity contribution in [3.63, 3.8) is 0 Å². The first-order chi connectivity index (χ1) is 17.4. The van der Waals surface area contributed by atoms with Crippen molar-refractivity contribution in [3.8, 4) is 0 Å². The molecule has 3 aliphatic heterocycles. The number of nitrogens with one attached hydrogen (secondary N) is 2. The molecule has 4 atom stereocenters. The molecule has 2 fully saturated rings. The van der Waals surface area contributed by atoms with Gasteiger partial charge in [-0.1, -0.05) is 27.7 Å². The van der Waals surface area contributed by atoms with E-state index in [2.05, 4.69) is 10.6 Å². The summed E-state index contributed by atoms with van der Waals surface area (Å²) in [5, 5.41) is 5.68. The van der Waals surface area contributed by atoms with Gasteiger partial charge in [0.15, 0.2) is 0 Å². The number of ether oxygens (including phenoxy) is 2. The number of hydrogen-bond donors (Lipinski definition) is 2. The zero-order chi connectivity index (χ0) is 25.7. The first kappa shape index (κ1) is 26.4. The fourth-order valence-corrected chi connectivity index (χ4v) is 7.05. The van der Waals surface area contributed by atoms with Gasteiger partial charge in [0.25, 0.3) is 0 Å². The summed E-state index contributed by atoms with van der Waals surface area (Å²) >= 11 is 0. The van der Waals surface area contributed by atoms with E-state index < -0.39 is 36.1 Å². The van der Waals surface area contributed by atoms with Gasteiger partial charge in [-0.3, -0.25) is 9.59 Å². The predicted molar refractivity (Wildman–Crippen MR) is 138 cm³/mol. The van der Waals surface area contributed by atoms with Gasteiger partial charge in [0, 0.05) is 24.6 Å². The molecule has 4 rings (SSSR count). The Morgan fingerprint density at radius 2 is 1.31 bits per heavy atom. The summed E-state index contributed by atoms with van der Waals surface area (Å²) in [7, 11) is 5.19. The average molecular weight is 538 g/mol. The Kier molecular flexibility index (Phi) is 8.83. The summed E-state index contributed by atoms with van der Waals surface area (Å²) in [6, 6.07) is 2.94. The highest BCUT2D eigenvalue weighted by molar-refractivity contribution is 8.76. The minimum absolute atomic E-state index is 0.238. The van der Waals surface area contributed by atoms with Gasteiger partial charge in [0.2, 0.25) is 11.8 Å². The van der Waals surface area contributed by atoms with Crippen LogP contribution in [-0.2, 0) is 28.7 Å². The second kappa shape index (κ2) is 12.0. The minimum atomic E-state index is -0.853. The third kappa shape index (κ3) is 5.83. The van der Waals surface area contributed by atoms with Crippen LogP contribution in [0.25, 0.3) is 0 Å². The van der Waals surface area contributed by atoms with Gasteiger partial charge >= 0.3 is 11.9 Å². The minimum Gasteiger partial charge on any atom is -0.467 e. The van der Waals surface area contributed by atoms with Crippen molar-refractivity contribution in [2.45, 2.75) is 49.9 Å². The lowest BCUT2D eigenvalue weighted by molar-refractivity contribution is -0.144. The number of pyridine rings is 1. The van der Waals surface area contributed by atoms with Crippen molar-refractivity contribution in [1.82, 2.24) is 15.6 Å². The number of methoxy groups -OCH3 is 2. The fraction of sp³-hybridized carbons (Fsp3) is 0.609. The molecule has 2 bridgehead atoms. The highest BCUT2D eigenvalue weighted by Crippen LogP contribution is 2.30. The largest absolute Gasteiger partial charge is 0.467 e. The summed E-state index contributed by atoms with van der Waals surface area (Å²) in [5.41, 5.74) is 0. The second-order valence-corrected chi connectivity index (χ2v) is 11.3. The van der Waals surface area contributed by atoms with Crippen LogP contribution in [0.15, 0.2) is 18.2 Å². The van der Waals surface area contributed by atoms with Gasteiger partial charge < -0.3 is 29.9 Å². The Bertz CT molecular complexity index is 924. The smallest absolute Gasteiger partial charge is 0.329 e. The third-order valence-corrected chi connectivity index (χ3v) is 9.00. The number of carbonyl (C=O) groups excluding carboxylic acids is 4. The number of carbonyl (C=O) groups is 4. The van der Waals surface area contributed by atoms with E-state index >= 15 is 0 Å². The molecule has 0 saturated carbocycles. The molecular formula is C23H31N5O6S2. The zero-order valence-corrected chi connectivity index (χ0v) is 21.9. The van der Waals surface area contributed by atoms with Crippen molar-refractivity contribution in [3.05, 3.63) is 18.2 Å². The molecule has 2 N–H and O–H groups in total. The lowest BCUT2D eigenvalue weighted by Gasteiger charge is -2.29. The van der Waals surface area contributed by atoms with Gasteiger partial charge in [0.1, 0.15) is 35.8 Å². The van der Waals surface area contributed by atoms with Crippen LogP contribution < -0.4 is 20.4 Å². The Hall–Kier alpha value is -2.67. The molecule has 0 spiro atoms. The maximum Gasteiger partial charge on any atom is 0.329 e. The van der Waals surface area contributed by atoms with Gasteiger partial charge in [-0.2, -0.15) is 0 Å². The van der Waals surface area contributed by atoms with E-state index in [-0.39, 0.29) is 23.3 Å². The molecular weight excluding hydrogens is 506 g/mol. The Labute approximate surface area is 217 Å². The molecule has 2 saturated heterocycles. The maximum atomic E-state index is 13.2. The van der Waals surface area contributed by atoms with Crippen LogP contribution in [0.2, 0.25) is 0 Å². The monoisotopic (exact) mass is 537 g/mol. The number of rotatable bonds is 2. The molecule has 2 amide bonds. The number of fused-ring (bicyclic) bond motifs is 6. The Morgan fingerprint density at radius 1 is 0.861 bits per heavy atom. The van der Waals surface area contributed by atoms with Crippen molar-refractivity contribution in [2.24, 2.45) is 0 Å². The summed E-state index contributed by atoms with van der Waals surface area (Å²) in [5.74, 6) is 0.167. The SMILES string of the molecule is COC(=O)[C@@H]1CSSC[C@@H](C(=O)OC)NC(=O)[C@H]2CCCN2c2cccc(n2)N2CCC[C@@H]2C(=O)N1. The van der Waals surface area contributed by atoms with Crippen LogP contribution in [0.3, 0.4) is 0 Å². The molecule has 0 radical (unpaired) electrons. The molecule has 0 aliphatic carbocycles. The molecule has 13 heteroatoms. The van der Waals surface area contributed by atoms with E-state index in [0.717, 1.165) is 12.8 Å². The van der Waals surface area contributed by atoms with Crippen LogP contribution >= 0.6 is 21.6 Å². The summed E-state index contributed by atoms with van der Waals surface area (Å²) in [6.45, 7) is 1.32. The third-order valence-electron chi connectivity index (χ3n) is 6.58.